The van der Waals surface area contributed by atoms with E-state index in [1.807, 2.05) is 0 Å². The van der Waals surface area contributed by atoms with Gasteiger partial charge in [0.05, 0.1) is 6.57 Å². The van der Waals surface area contributed by atoms with Gasteiger partial charge in [0.1, 0.15) is 11.5 Å². The van der Waals surface area contributed by atoms with Gasteiger partial charge in [0.15, 0.2) is 11.6 Å². The van der Waals surface area contributed by atoms with Crippen LogP contribution in [0.1, 0.15) is 18.4 Å². The summed E-state index contributed by atoms with van der Waals surface area (Å²) in [6, 6.07) is 7.66. The highest BCUT2D eigenvalue weighted by Gasteiger charge is 2.33. The van der Waals surface area contributed by atoms with E-state index >= 15 is 0 Å². The zero-order chi connectivity index (χ0) is 20.4. The van der Waals surface area contributed by atoms with Crippen LogP contribution in [0.3, 0.4) is 0 Å². The van der Waals surface area contributed by atoms with Crippen molar-refractivity contribution in [2.24, 2.45) is 5.92 Å². The molecule has 1 amide bonds. The summed E-state index contributed by atoms with van der Waals surface area (Å²) in [4.78, 5) is 21.4. The van der Waals surface area contributed by atoms with Crippen LogP contribution in [0.5, 0.6) is 0 Å². The van der Waals surface area contributed by atoms with Crippen LogP contribution in [0.4, 0.5) is 20.3 Å². The molecule has 0 radical (unpaired) electrons. The monoisotopic (exact) mass is 393 g/mol. The lowest BCUT2D eigenvalue weighted by atomic mass is 9.90. The highest BCUT2D eigenvalue weighted by atomic mass is 19.1. The number of benzene rings is 1. The number of aromatic nitrogens is 3. The Hall–Kier alpha value is -3.60. The van der Waals surface area contributed by atoms with Gasteiger partial charge in [0, 0.05) is 30.4 Å². The maximum Gasteiger partial charge on any atom is 0.231 e. The summed E-state index contributed by atoms with van der Waals surface area (Å²) in [5, 5.41) is 6.70. The highest BCUT2D eigenvalue weighted by Crippen LogP contribution is 2.32. The number of hydrogen-bond acceptors (Lipinski definition) is 3. The van der Waals surface area contributed by atoms with E-state index in [9.17, 15) is 13.6 Å². The molecule has 0 saturated carbocycles. The summed E-state index contributed by atoms with van der Waals surface area (Å²) in [5.74, 6) is -1.85. The third-order valence-electron chi connectivity index (χ3n) is 5.08. The van der Waals surface area contributed by atoms with E-state index in [0.29, 0.717) is 36.9 Å². The molecule has 0 unspecified atom stereocenters. The molecule has 29 heavy (non-hydrogen) atoms. The molecule has 3 heterocycles. The molecule has 4 rings (SSSR count). The number of carbonyl (C=O) groups is 1. The number of piperidine rings is 1. The third-order valence-corrected chi connectivity index (χ3v) is 5.08. The number of nitrogens with one attached hydrogen (secondary N) is 1. The van der Waals surface area contributed by atoms with Crippen LogP contribution in [-0.2, 0) is 11.2 Å². The molecule has 8 heteroatoms. The van der Waals surface area contributed by atoms with Gasteiger partial charge in [-0.25, -0.2) is 13.6 Å². The number of rotatable bonds is 4. The number of carbonyl (C=O) groups excluding carboxylic acids is 1. The van der Waals surface area contributed by atoms with Crippen molar-refractivity contribution < 1.29 is 13.6 Å². The number of aromatic amines is 1. The first kappa shape index (κ1) is 18.7. The fourth-order valence-corrected chi connectivity index (χ4v) is 3.61. The molecule has 1 atom stereocenters. The zero-order valence-electron chi connectivity index (χ0n) is 15.4. The van der Waals surface area contributed by atoms with Crippen molar-refractivity contribution in [2.45, 2.75) is 19.3 Å². The second-order valence-corrected chi connectivity index (χ2v) is 6.90. The summed E-state index contributed by atoms with van der Waals surface area (Å²) in [6.07, 6.45) is 4.75. The van der Waals surface area contributed by atoms with Crippen molar-refractivity contribution >= 4 is 17.4 Å². The molecule has 146 valence electrons. The van der Waals surface area contributed by atoms with Gasteiger partial charge in [0.25, 0.3) is 0 Å². The third kappa shape index (κ3) is 3.59. The molecule has 1 aliphatic rings. The molecular formula is C21H17F2N5O. The summed E-state index contributed by atoms with van der Waals surface area (Å²) >= 11 is 0. The predicted molar refractivity (Wildman–Crippen MR) is 103 cm³/mol. The second kappa shape index (κ2) is 7.80. The number of amides is 1. The van der Waals surface area contributed by atoms with Gasteiger partial charge in [-0.1, -0.05) is 12.1 Å². The molecule has 1 N–H and O–H groups in total. The van der Waals surface area contributed by atoms with Crippen molar-refractivity contribution in [1.82, 2.24) is 15.2 Å². The van der Waals surface area contributed by atoms with Crippen LogP contribution in [0, 0.1) is 24.1 Å². The maximum atomic E-state index is 15.0. The second-order valence-electron chi connectivity index (χ2n) is 6.90. The molecule has 1 aromatic carbocycles. The molecule has 1 fully saturated rings. The zero-order valence-corrected chi connectivity index (χ0v) is 15.4. The average Bonchev–Trinajstić information content (AvgIpc) is 3.11. The van der Waals surface area contributed by atoms with Gasteiger partial charge in [-0.15, -0.1) is 0 Å². The lowest BCUT2D eigenvalue weighted by molar-refractivity contribution is -0.123. The first-order valence-corrected chi connectivity index (χ1v) is 9.20. The normalized spacial score (nSPS) is 16.7. The molecule has 0 bridgehead atoms. The summed E-state index contributed by atoms with van der Waals surface area (Å²) in [5.41, 5.74) is 1.38. The first-order valence-electron chi connectivity index (χ1n) is 9.20. The SMILES string of the molecule is [C-]#[N+]c1ccc(C[C@H]2CCCN(c3n[nH]c(-c4ccncc4)c3F)C2=O)cc1F. The number of halogens is 2. The number of hydrogen-bond donors (Lipinski definition) is 1. The standard InChI is InChI=1S/C21H17F2N5O/c1-24-17-5-4-13(12-16(17)22)11-15-3-2-10-28(21(15)29)20-18(23)19(26-27-20)14-6-8-25-9-7-14/h4-9,12,15H,2-3,10-11H2,(H,26,27)/t15-/m1/s1. The smallest absolute Gasteiger partial charge is 0.231 e. The Balaban J connectivity index is 1.56. The number of nitrogens with zero attached hydrogens (tertiary/aromatic N) is 4. The number of H-pyrrole nitrogens is 1. The minimum Gasteiger partial charge on any atom is -0.293 e. The molecule has 0 spiro atoms. The van der Waals surface area contributed by atoms with Crippen LogP contribution in [0.25, 0.3) is 16.1 Å². The topological polar surface area (TPSA) is 66.2 Å². The van der Waals surface area contributed by atoms with Gasteiger partial charge in [-0.2, -0.15) is 5.10 Å². The molecule has 3 aromatic rings. The predicted octanol–water partition coefficient (Wildman–Crippen LogP) is 4.29. The Bertz CT molecular complexity index is 1090. The van der Waals surface area contributed by atoms with E-state index in [1.54, 1.807) is 30.6 Å². The van der Waals surface area contributed by atoms with E-state index in [0.717, 1.165) is 0 Å². The van der Waals surface area contributed by atoms with Gasteiger partial charge in [-0.05, 0) is 43.0 Å². The lowest BCUT2D eigenvalue weighted by Gasteiger charge is -2.30. The van der Waals surface area contributed by atoms with E-state index in [-0.39, 0.29) is 23.1 Å². The lowest BCUT2D eigenvalue weighted by Crippen LogP contribution is -2.42. The number of pyridine rings is 1. The van der Waals surface area contributed by atoms with Crippen LogP contribution in [-0.4, -0.2) is 27.6 Å². The Kier molecular flexibility index (Phi) is 5.04. The van der Waals surface area contributed by atoms with Crippen molar-refractivity contribution in [2.75, 3.05) is 11.4 Å². The van der Waals surface area contributed by atoms with Crippen LogP contribution >= 0.6 is 0 Å². The fourth-order valence-electron chi connectivity index (χ4n) is 3.61. The van der Waals surface area contributed by atoms with Crippen molar-refractivity contribution in [3.05, 3.63) is 71.3 Å². The Labute approximate surface area is 166 Å². The molecular weight excluding hydrogens is 376 g/mol. The fraction of sp³-hybridized carbons (Fsp3) is 0.238. The van der Waals surface area contributed by atoms with Crippen LogP contribution in [0.15, 0.2) is 42.7 Å². The Morgan fingerprint density at radius 2 is 2.03 bits per heavy atom. The molecule has 1 saturated heterocycles. The largest absolute Gasteiger partial charge is 0.293 e. The average molecular weight is 393 g/mol. The van der Waals surface area contributed by atoms with E-state index in [1.165, 1.54) is 17.0 Å². The van der Waals surface area contributed by atoms with E-state index < -0.39 is 17.6 Å². The molecule has 6 nitrogen and oxygen atoms in total. The van der Waals surface area contributed by atoms with Gasteiger partial charge < -0.3 is 0 Å². The molecule has 2 aromatic heterocycles. The van der Waals surface area contributed by atoms with E-state index in [4.69, 9.17) is 6.57 Å². The van der Waals surface area contributed by atoms with Crippen molar-refractivity contribution in [3.8, 4) is 11.3 Å². The van der Waals surface area contributed by atoms with Crippen LogP contribution < -0.4 is 4.90 Å². The van der Waals surface area contributed by atoms with Crippen LogP contribution in [0.2, 0.25) is 0 Å². The van der Waals surface area contributed by atoms with Gasteiger partial charge >= 0.3 is 0 Å². The van der Waals surface area contributed by atoms with Crippen molar-refractivity contribution in [1.29, 1.82) is 0 Å². The minimum absolute atomic E-state index is 0.0268. The minimum atomic E-state index is -0.599. The van der Waals surface area contributed by atoms with Crippen molar-refractivity contribution in [3.63, 3.8) is 0 Å². The highest BCUT2D eigenvalue weighted by molar-refractivity contribution is 5.95. The molecule has 1 aliphatic heterocycles. The van der Waals surface area contributed by atoms with Gasteiger partial charge in [0.2, 0.25) is 11.6 Å². The Morgan fingerprint density at radius 1 is 1.24 bits per heavy atom. The maximum absolute atomic E-state index is 15.0. The quantitative estimate of drug-likeness (QED) is 0.673. The number of anilines is 1. The summed E-state index contributed by atoms with van der Waals surface area (Å²) in [7, 11) is 0. The van der Waals surface area contributed by atoms with E-state index in [2.05, 4.69) is 20.0 Å². The van der Waals surface area contributed by atoms with Gasteiger partial charge in [-0.3, -0.25) is 19.8 Å². The summed E-state index contributed by atoms with van der Waals surface area (Å²) < 4.78 is 28.9. The molecule has 0 aliphatic carbocycles. The summed E-state index contributed by atoms with van der Waals surface area (Å²) in [6.45, 7) is 7.29. The first-order chi connectivity index (χ1) is 14.1. The Morgan fingerprint density at radius 3 is 2.76 bits per heavy atom.